The van der Waals surface area contributed by atoms with Crippen LogP contribution in [0.4, 0.5) is 0 Å². The van der Waals surface area contributed by atoms with Crippen molar-refractivity contribution in [3.8, 4) is 0 Å². The number of carbonyl (C=O) groups is 1. The number of halogens is 1. The second kappa shape index (κ2) is 4.44. The molecule has 2 unspecified atom stereocenters. The van der Waals surface area contributed by atoms with Crippen LogP contribution in [0.3, 0.4) is 0 Å². The Morgan fingerprint density at radius 1 is 1.69 bits per heavy atom. The third-order valence-electron chi connectivity index (χ3n) is 1.91. The molecule has 0 radical (unpaired) electrons. The largest absolute Gasteiger partial charge is 0.351 e. The summed E-state index contributed by atoms with van der Waals surface area (Å²) in [5, 5.41) is 3.10. The number of nitrogens with one attached hydrogen (secondary N) is 1. The second-order valence-corrected chi connectivity index (χ2v) is 3.66. The van der Waals surface area contributed by atoms with Crippen LogP contribution in [0.1, 0.15) is 6.42 Å². The molecule has 13 heavy (non-hydrogen) atoms. The van der Waals surface area contributed by atoms with E-state index >= 15 is 0 Å². The van der Waals surface area contributed by atoms with Gasteiger partial charge in [-0.3, -0.25) is 4.79 Å². The van der Waals surface area contributed by atoms with Crippen LogP contribution in [-0.2, 0) is 4.79 Å². The molecule has 0 bridgehead atoms. The normalized spacial score (nSPS) is 26.0. The lowest BCUT2D eigenvalue weighted by Gasteiger charge is -2.09. The van der Waals surface area contributed by atoms with Crippen LogP contribution in [-0.4, -0.2) is 18.5 Å². The van der Waals surface area contributed by atoms with Gasteiger partial charge in [0.05, 0.1) is 12.5 Å². The summed E-state index contributed by atoms with van der Waals surface area (Å²) in [4.78, 5) is 11.4. The lowest BCUT2D eigenvalue weighted by atomic mass is 10.1. The molecule has 0 aromatic heterocycles. The molecule has 0 saturated carbocycles. The van der Waals surface area contributed by atoms with Gasteiger partial charge in [0.2, 0.25) is 5.91 Å². The monoisotopic (exact) mass is 200 g/mol. The van der Waals surface area contributed by atoms with Crippen molar-refractivity contribution in [2.45, 2.75) is 12.5 Å². The van der Waals surface area contributed by atoms with E-state index in [1.807, 2.05) is 12.2 Å². The van der Waals surface area contributed by atoms with Crippen molar-refractivity contribution in [2.24, 2.45) is 11.7 Å². The molecule has 2 atom stereocenters. The first-order valence-corrected chi connectivity index (χ1v) is 4.52. The van der Waals surface area contributed by atoms with Crippen molar-refractivity contribution in [1.29, 1.82) is 0 Å². The minimum absolute atomic E-state index is 0.00922. The van der Waals surface area contributed by atoms with Crippen LogP contribution in [0.25, 0.3) is 0 Å². The van der Waals surface area contributed by atoms with Crippen molar-refractivity contribution in [3.63, 3.8) is 0 Å². The maximum Gasteiger partial charge on any atom is 0.227 e. The summed E-state index contributed by atoms with van der Waals surface area (Å²) < 4.78 is 0. The van der Waals surface area contributed by atoms with Crippen LogP contribution >= 0.6 is 11.6 Å². The van der Waals surface area contributed by atoms with Crippen molar-refractivity contribution in [2.75, 3.05) is 6.54 Å². The molecule has 4 heteroatoms. The summed E-state index contributed by atoms with van der Waals surface area (Å²) in [6.07, 6.45) is 4.36. The standard InChI is InChI=1S/C9H13ClN2O/c1-6(10)5-12-9(13)7-2-3-8(11)4-7/h2-3,7-8H,1,4-5,11H2,(H,12,13). The number of rotatable bonds is 3. The highest BCUT2D eigenvalue weighted by Crippen LogP contribution is 2.16. The summed E-state index contributed by atoms with van der Waals surface area (Å²) in [6.45, 7) is 3.80. The molecule has 0 spiro atoms. The Kier molecular flexibility index (Phi) is 3.51. The highest BCUT2D eigenvalue weighted by Gasteiger charge is 2.21. The molecule has 3 N–H and O–H groups in total. The highest BCUT2D eigenvalue weighted by atomic mass is 35.5. The van der Waals surface area contributed by atoms with Gasteiger partial charge in [-0.2, -0.15) is 0 Å². The maximum absolute atomic E-state index is 11.4. The Hall–Kier alpha value is -0.800. The fourth-order valence-electron chi connectivity index (χ4n) is 1.24. The minimum Gasteiger partial charge on any atom is -0.351 e. The van der Waals surface area contributed by atoms with Gasteiger partial charge in [0.15, 0.2) is 0 Å². The van der Waals surface area contributed by atoms with E-state index < -0.39 is 0 Å². The molecule has 0 saturated heterocycles. The van der Waals surface area contributed by atoms with Crippen LogP contribution in [0, 0.1) is 5.92 Å². The van der Waals surface area contributed by atoms with Gasteiger partial charge in [-0.05, 0) is 6.42 Å². The zero-order chi connectivity index (χ0) is 9.84. The number of hydrogen-bond acceptors (Lipinski definition) is 2. The quantitative estimate of drug-likeness (QED) is 0.661. The first kappa shape index (κ1) is 10.3. The predicted octanol–water partition coefficient (Wildman–Crippen LogP) is 0.758. The Balaban J connectivity index is 2.33. The van der Waals surface area contributed by atoms with E-state index in [1.54, 1.807) is 0 Å². The summed E-state index contributed by atoms with van der Waals surface area (Å²) >= 11 is 5.51. The van der Waals surface area contributed by atoms with Crippen molar-refractivity contribution in [3.05, 3.63) is 23.8 Å². The smallest absolute Gasteiger partial charge is 0.227 e. The van der Waals surface area contributed by atoms with Crippen LogP contribution in [0.5, 0.6) is 0 Å². The number of hydrogen-bond donors (Lipinski definition) is 2. The predicted molar refractivity (Wildman–Crippen MR) is 53.2 cm³/mol. The Morgan fingerprint density at radius 2 is 2.38 bits per heavy atom. The summed E-state index contributed by atoms with van der Waals surface area (Å²) in [5.41, 5.74) is 5.61. The van der Waals surface area contributed by atoms with Crippen LogP contribution in [0.2, 0.25) is 0 Å². The molecule has 0 fully saturated rings. The van der Waals surface area contributed by atoms with E-state index in [0.717, 1.165) is 0 Å². The first-order valence-electron chi connectivity index (χ1n) is 4.14. The van der Waals surface area contributed by atoms with Crippen molar-refractivity contribution >= 4 is 17.5 Å². The Bertz CT molecular complexity index is 250. The molecule has 0 heterocycles. The third kappa shape index (κ3) is 3.20. The minimum atomic E-state index is -0.106. The molecular formula is C9H13ClN2O. The molecule has 0 aliphatic heterocycles. The molecular weight excluding hydrogens is 188 g/mol. The molecule has 0 aromatic rings. The zero-order valence-electron chi connectivity index (χ0n) is 7.29. The summed E-state index contributed by atoms with van der Waals surface area (Å²) in [7, 11) is 0. The lowest BCUT2D eigenvalue weighted by molar-refractivity contribution is -0.123. The van der Waals surface area contributed by atoms with E-state index in [0.29, 0.717) is 18.0 Å². The fourth-order valence-corrected chi connectivity index (χ4v) is 1.30. The molecule has 1 aliphatic carbocycles. The highest BCUT2D eigenvalue weighted by molar-refractivity contribution is 6.29. The number of amides is 1. The number of carbonyl (C=O) groups excluding carboxylic acids is 1. The molecule has 1 rings (SSSR count). The topological polar surface area (TPSA) is 55.1 Å². The maximum atomic E-state index is 11.4. The van der Waals surface area contributed by atoms with Gasteiger partial charge in [0.25, 0.3) is 0 Å². The third-order valence-corrected chi connectivity index (χ3v) is 2.04. The SMILES string of the molecule is C=C(Cl)CNC(=O)C1C=CC(N)C1. The molecule has 3 nitrogen and oxygen atoms in total. The zero-order valence-corrected chi connectivity index (χ0v) is 8.05. The van der Waals surface area contributed by atoms with Gasteiger partial charge in [0.1, 0.15) is 0 Å². The molecule has 1 aliphatic rings. The van der Waals surface area contributed by atoms with E-state index in [1.165, 1.54) is 0 Å². The summed E-state index contributed by atoms with van der Waals surface area (Å²) in [5.74, 6) is -0.142. The Labute approximate surface area is 82.6 Å². The van der Waals surface area contributed by atoms with Crippen LogP contribution in [0.15, 0.2) is 23.8 Å². The van der Waals surface area contributed by atoms with Gasteiger partial charge in [0, 0.05) is 11.1 Å². The van der Waals surface area contributed by atoms with E-state index in [2.05, 4.69) is 11.9 Å². The van der Waals surface area contributed by atoms with E-state index in [9.17, 15) is 4.79 Å². The van der Waals surface area contributed by atoms with Gasteiger partial charge in [-0.25, -0.2) is 0 Å². The van der Waals surface area contributed by atoms with Gasteiger partial charge < -0.3 is 11.1 Å². The van der Waals surface area contributed by atoms with Gasteiger partial charge in [-0.1, -0.05) is 30.3 Å². The summed E-state index contributed by atoms with van der Waals surface area (Å²) in [6, 6.07) is 0.00922. The van der Waals surface area contributed by atoms with Crippen molar-refractivity contribution in [1.82, 2.24) is 5.32 Å². The van der Waals surface area contributed by atoms with E-state index in [-0.39, 0.29) is 17.9 Å². The first-order chi connectivity index (χ1) is 6.09. The number of nitrogens with two attached hydrogens (primary N) is 1. The average Bonchev–Trinajstić information content (AvgIpc) is 2.47. The lowest BCUT2D eigenvalue weighted by Crippen LogP contribution is -2.31. The van der Waals surface area contributed by atoms with E-state index in [4.69, 9.17) is 17.3 Å². The Morgan fingerprint density at radius 3 is 2.85 bits per heavy atom. The van der Waals surface area contributed by atoms with Crippen molar-refractivity contribution < 1.29 is 4.79 Å². The van der Waals surface area contributed by atoms with Gasteiger partial charge >= 0.3 is 0 Å². The molecule has 1 amide bonds. The second-order valence-electron chi connectivity index (χ2n) is 3.13. The van der Waals surface area contributed by atoms with Crippen LogP contribution < -0.4 is 11.1 Å². The molecule has 72 valence electrons. The molecule has 0 aromatic carbocycles. The van der Waals surface area contributed by atoms with Gasteiger partial charge in [-0.15, -0.1) is 0 Å². The average molecular weight is 201 g/mol. The fraction of sp³-hybridized carbons (Fsp3) is 0.444.